The first-order valence-corrected chi connectivity index (χ1v) is 6.30. The number of aryl methyl sites for hydroxylation is 1. The summed E-state index contributed by atoms with van der Waals surface area (Å²) < 4.78 is 26.3. The molecule has 90 valence electrons. The molecule has 1 aliphatic rings. The summed E-state index contributed by atoms with van der Waals surface area (Å²) in [7, 11) is 2.98. The van der Waals surface area contributed by atoms with Crippen LogP contribution in [0, 0.1) is 6.92 Å². The number of hydrazone groups is 1. The highest BCUT2D eigenvalue weighted by Gasteiger charge is 2.32. The van der Waals surface area contributed by atoms with Gasteiger partial charge in [-0.25, -0.2) is 0 Å². The van der Waals surface area contributed by atoms with E-state index in [1.807, 2.05) is 19.1 Å². The van der Waals surface area contributed by atoms with E-state index in [0.29, 0.717) is 5.71 Å². The number of nitrogens with zero attached hydrogens (tertiary/aromatic N) is 2. The van der Waals surface area contributed by atoms with Crippen LogP contribution in [0.1, 0.15) is 9.75 Å². The lowest BCUT2D eigenvalue weighted by molar-refractivity contribution is 0.111. The summed E-state index contributed by atoms with van der Waals surface area (Å²) in [5.74, 6) is 0. The summed E-state index contributed by atoms with van der Waals surface area (Å²) in [5, 5.41) is 5.29. The Labute approximate surface area is 105 Å². The highest BCUT2D eigenvalue weighted by Crippen LogP contribution is 2.33. The second-order valence-corrected chi connectivity index (χ2v) is 5.69. The number of alkyl halides is 2. The molecule has 2 rings (SSSR count). The van der Waals surface area contributed by atoms with E-state index in [2.05, 4.69) is 10.8 Å². The van der Waals surface area contributed by atoms with Gasteiger partial charge in [-0.15, -0.1) is 11.3 Å². The fraction of sp³-hybridized carbons (Fsp3) is 0.273. The summed E-state index contributed by atoms with van der Waals surface area (Å²) in [6, 6.07) is 3.90. The van der Waals surface area contributed by atoms with Crippen LogP contribution in [0.2, 0.25) is 0 Å². The molecule has 1 unspecified atom stereocenters. The first-order valence-electron chi connectivity index (χ1n) is 4.91. The fourth-order valence-electron chi connectivity index (χ4n) is 1.48. The third-order valence-electron chi connectivity index (χ3n) is 2.24. The average molecular weight is 272 g/mol. The number of hydrogen-bond acceptors (Lipinski definition) is 3. The zero-order chi connectivity index (χ0) is 12.6. The first-order chi connectivity index (χ1) is 7.88. The van der Waals surface area contributed by atoms with Gasteiger partial charge in [0, 0.05) is 18.0 Å². The van der Waals surface area contributed by atoms with Gasteiger partial charge in [0.1, 0.15) is 5.71 Å². The predicted octanol–water partition coefficient (Wildman–Crippen LogP) is 3.21. The van der Waals surface area contributed by atoms with Crippen LogP contribution in [-0.2, 0) is 0 Å². The molecule has 0 aromatic carbocycles. The molecule has 0 spiro atoms. The van der Waals surface area contributed by atoms with E-state index in [1.165, 1.54) is 22.4 Å². The molecule has 0 radical (unpaired) electrons. The van der Waals surface area contributed by atoms with Crippen LogP contribution in [0.4, 0.5) is 8.78 Å². The van der Waals surface area contributed by atoms with E-state index >= 15 is 0 Å². The monoisotopic (exact) mass is 272 g/mol. The summed E-state index contributed by atoms with van der Waals surface area (Å²) in [5.41, 5.74) is -0.0133. The molecule has 0 N–H and O–H groups in total. The Bertz CT molecular complexity index is 536. The summed E-state index contributed by atoms with van der Waals surface area (Å²) in [6.45, 7) is 1.99. The van der Waals surface area contributed by atoms with E-state index in [4.69, 9.17) is 0 Å². The molecule has 6 heteroatoms. The molecule has 0 saturated heterocycles. The van der Waals surface area contributed by atoms with Gasteiger partial charge in [-0.05, 0) is 19.1 Å². The van der Waals surface area contributed by atoms with Crippen LogP contribution in [0.15, 0.2) is 34.7 Å². The van der Waals surface area contributed by atoms with Crippen LogP contribution in [0.3, 0.4) is 0 Å². The van der Waals surface area contributed by atoms with E-state index < -0.39 is 5.66 Å². The summed E-state index contributed by atoms with van der Waals surface area (Å²) >= 11 is 1.57. The number of hydrogen-bond donors (Lipinski definition) is 0. The van der Waals surface area contributed by atoms with E-state index in [9.17, 15) is 8.78 Å². The Hall–Kier alpha value is -1.02. The van der Waals surface area contributed by atoms with E-state index in [-0.39, 0.29) is 5.70 Å². The Balaban J connectivity index is 2.38. The fourth-order valence-corrected chi connectivity index (χ4v) is 2.57. The molecule has 2 nitrogen and oxygen atoms in total. The molecular formula is C11H11F2N2PS. The average Bonchev–Trinajstić information content (AvgIpc) is 2.62. The van der Waals surface area contributed by atoms with E-state index in [0.717, 1.165) is 14.8 Å². The maximum absolute atomic E-state index is 13.1. The van der Waals surface area contributed by atoms with Gasteiger partial charge in [0.05, 0.1) is 4.88 Å². The quantitative estimate of drug-likeness (QED) is 0.596. The normalized spacial score (nSPS) is 15.9. The second kappa shape index (κ2) is 4.34. The van der Waals surface area contributed by atoms with Crippen molar-refractivity contribution in [2.45, 2.75) is 12.6 Å². The van der Waals surface area contributed by atoms with Crippen LogP contribution in [-0.4, -0.2) is 23.4 Å². The van der Waals surface area contributed by atoms with Gasteiger partial charge < -0.3 is 0 Å². The Morgan fingerprint density at radius 1 is 1.47 bits per heavy atom. The minimum absolute atomic E-state index is 0.250. The third-order valence-corrected chi connectivity index (χ3v) is 3.53. The zero-order valence-corrected chi connectivity index (χ0v) is 11.3. The van der Waals surface area contributed by atoms with Gasteiger partial charge in [-0.3, -0.25) is 5.01 Å². The molecule has 1 aliphatic heterocycles. The number of halogens is 2. The van der Waals surface area contributed by atoms with Crippen LogP contribution in [0.5, 0.6) is 0 Å². The highest BCUT2D eigenvalue weighted by molar-refractivity contribution is 7.18. The Morgan fingerprint density at radius 3 is 2.65 bits per heavy atom. The number of allylic oxidation sites excluding steroid dienone is 1. The van der Waals surface area contributed by atoms with Gasteiger partial charge in [0.15, 0.2) is 5.70 Å². The van der Waals surface area contributed by atoms with Crippen molar-refractivity contribution >= 4 is 26.3 Å². The van der Waals surface area contributed by atoms with Crippen molar-refractivity contribution in [3.8, 4) is 0 Å². The van der Waals surface area contributed by atoms with Gasteiger partial charge >= 0.3 is 5.66 Å². The topological polar surface area (TPSA) is 15.6 Å². The highest BCUT2D eigenvalue weighted by atomic mass is 32.1. The smallest absolute Gasteiger partial charge is 0.258 e. The van der Waals surface area contributed by atoms with Crippen molar-refractivity contribution in [3.05, 3.63) is 39.4 Å². The second-order valence-electron chi connectivity index (χ2n) is 3.68. The standard InChI is InChI=1S/C11H11F2N2PS/c1-7-3-5-9(17-7)8-4-6-10(11(12,13)16)15(2)14-8/h3-5H,16H2,1-2H3. The van der Waals surface area contributed by atoms with Crippen molar-refractivity contribution < 1.29 is 8.78 Å². The molecule has 0 bridgehead atoms. The molecule has 0 amide bonds. The lowest BCUT2D eigenvalue weighted by atomic mass is 10.2. The predicted molar refractivity (Wildman–Crippen MR) is 69.6 cm³/mol. The van der Waals surface area contributed by atoms with Gasteiger partial charge in [-0.1, -0.05) is 15.0 Å². The maximum Gasteiger partial charge on any atom is 0.306 e. The number of rotatable bonds is 2. The molecule has 0 saturated carbocycles. The first kappa shape index (κ1) is 12.4. The zero-order valence-electron chi connectivity index (χ0n) is 9.37. The van der Waals surface area contributed by atoms with Gasteiger partial charge in [0.25, 0.3) is 0 Å². The van der Waals surface area contributed by atoms with Crippen molar-refractivity contribution in [1.29, 1.82) is 0 Å². The third kappa shape index (κ3) is 2.63. The van der Waals surface area contributed by atoms with Gasteiger partial charge in [-0.2, -0.15) is 13.9 Å². The number of thiophene rings is 1. The minimum Gasteiger partial charge on any atom is -0.258 e. The van der Waals surface area contributed by atoms with Crippen molar-refractivity contribution in [2.75, 3.05) is 7.05 Å². The van der Waals surface area contributed by atoms with Crippen molar-refractivity contribution in [3.63, 3.8) is 0 Å². The lowest BCUT2D eigenvalue weighted by Crippen LogP contribution is -2.25. The Kier molecular flexibility index (Phi) is 3.17. The molecule has 1 atom stereocenters. The SMILES string of the molecule is Cc1ccc(C2=NN(C)C(C(F)(F)P)=C=C2)s1. The molecule has 17 heavy (non-hydrogen) atoms. The minimum atomic E-state index is -3.01. The summed E-state index contributed by atoms with van der Waals surface area (Å²) in [4.78, 5) is 2.11. The Morgan fingerprint density at radius 2 is 2.18 bits per heavy atom. The van der Waals surface area contributed by atoms with Crippen molar-refractivity contribution in [1.82, 2.24) is 5.01 Å². The van der Waals surface area contributed by atoms with Crippen molar-refractivity contribution in [2.24, 2.45) is 5.10 Å². The largest absolute Gasteiger partial charge is 0.306 e. The molecule has 1 aromatic rings. The van der Waals surface area contributed by atoms with Crippen LogP contribution in [0.25, 0.3) is 0 Å². The molecule has 0 aliphatic carbocycles. The van der Waals surface area contributed by atoms with Crippen LogP contribution >= 0.6 is 20.6 Å². The lowest BCUT2D eigenvalue weighted by Gasteiger charge is -2.23. The molecule has 0 fully saturated rings. The van der Waals surface area contributed by atoms with E-state index in [1.54, 1.807) is 11.3 Å². The molecular weight excluding hydrogens is 261 g/mol. The molecule has 2 heterocycles. The van der Waals surface area contributed by atoms with Crippen LogP contribution < -0.4 is 0 Å². The van der Waals surface area contributed by atoms with Gasteiger partial charge in [0.2, 0.25) is 0 Å². The maximum atomic E-state index is 13.1. The molecule has 1 aromatic heterocycles. The summed E-state index contributed by atoms with van der Waals surface area (Å²) in [6.07, 6.45) is 1.50.